The minimum absolute atomic E-state index is 0.631. The highest BCUT2D eigenvalue weighted by molar-refractivity contribution is 8.00. The maximum absolute atomic E-state index is 4.79. The average Bonchev–Trinajstić information content (AvgIpc) is 2.99. The lowest BCUT2D eigenvalue weighted by molar-refractivity contribution is 0.564. The number of aromatic nitrogens is 3. The lowest BCUT2D eigenvalue weighted by Crippen LogP contribution is -2.14. The summed E-state index contributed by atoms with van der Waals surface area (Å²) in [6.45, 7) is 5.57. The molecule has 19 heavy (non-hydrogen) atoms. The second-order valence-electron chi connectivity index (χ2n) is 5.72. The van der Waals surface area contributed by atoms with Crippen LogP contribution < -0.4 is 0 Å². The number of hydrogen-bond acceptors (Lipinski definition) is 3. The van der Waals surface area contributed by atoms with Crippen LogP contribution in [0.15, 0.2) is 18.3 Å². The van der Waals surface area contributed by atoms with Crippen LogP contribution in [0.4, 0.5) is 0 Å². The molecule has 0 N–H and O–H groups in total. The van der Waals surface area contributed by atoms with Crippen LogP contribution in [0.25, 0.3) is 11.2 Å². The first-order chi connectivity index (χ1) is 9.24. The van der Waals surface area contributed by atoms with Gasteiger partial charge in [-0.1, -0.05) is 13.8 Å². The molecule has 0 aliphatic carbocycles. The number of nitrogens with zero attached hydrogens (tertiary/aromatic N) is 3. The molecule has 3 heterocycles. The number of pyridine rings is 1. The fourth-order valence-corrected chi connectivity index (χ4v) is 3.96. The van der Waals surface area contributed by atoms with Crippen molar-refractivity contribution in [2.75, 3.05) is 5.75 Å². The summed E-state index contributed by atoms with van der Waals surface area (Å²) in [7, 11) is 0. The van der Waals surface area contributed by atoms with Gasteiger partial charge in [0.1, 0.15) is 11.3 Å². The van der Waals surface area contributed by atoms with Crippen LogP contribution in [0.2, 0.25) is 0 Å². The Balaban J connectivity index is 1.97. The lowest BCUT2D eigenvalue weighted by atomic mass is 10.1. The largest absolute Gasteiger partial charge is 0.312 e. The Kier molecular flexibility index (Phi) is 3.78. The second kappa shape index (κ2) is 5.53. The Morgan fingerprint density at radius 2 is 2.37 bits per heavy atom. The van der Waals surface area contributed by atoms with E-state index in [4.69, 9.17) is 4.98 Å². The molecule has 1 atom stereocenters. The fraction of sp³-hybridized carbons (Fsp3) is 0.600. The molecular weight excluding hydrogens is 254 g/mol. The van der Waals surface area contributed by atoms with E-state index in [9.17, 15) is 0 Å². The molecule has 1 saturated heterocycles. The topological polar surface area (TPSA) is 30.7 Å². The van der Waals surface area contributed by atoms with Crippen molar-refractivity contribution in [3.8, 4) is 0 Å². The summed E-state index contributed by atoms with van der Waals surface area (Å²) in [4.78, 5) is 9.33. The third-order valence-corrected chi connectivity index (χ3v) is 4.96. The zero-order valence-corrected chi connectivity index (χ0v) is 12.5. The molecule has 3 nitrogen and oxygen atoms in total. The third-order valence-electron chi connectivity index (χ3n) is 3.58. The molecule has 1 aliphatic heterocycles. The van der Waals surface area contributed by atoms with Gasteiger partial charge in [0, 0.05) is 24.4 Å². The summed E-state index contributed by atoms with van der Waals surface area (Å²) in [6, 6.07) is 4.05. The van der Waals surface area contributed by atoms with Gasteiger partial charge in [0.05, 0.1) is 0 Å². The molecule has 3 rings (SSSR count). The van der Waals surface area contributed by atoms with E-state index in [1.165, 1.54) is 24.4 Å². The van der Waals surface area contributed by atoms with Crippen LogP contribution in [-0.4, -0.2) is 25.5 Å². The molecule has 2 aromatic rings. The number of imidazole rings is 1. The molecule has 1 fully saturated rings. The number of fused-ring (bicyclic) bond motifs is 1. The van der Waals surface area contributed by atoms with Crippen molar-refractivity contribution < 1.29 is 0 Å². The van der Waals surface area contributed by atoms with Crippen LogP contribution in [-0.2, 0) is 13.0 Å². The molecular formula is C15H21N3S. The highest BCUT2D eigenvalue weighted by Gasteiger charge is 2.20. The molecule has 0 bridgehead atoms. The zero-order valence-electron chi connectivity index (χ0n) is 11.7. The van der Waals surface area contributed by atoms with Gasteiger partial charge in [-0.2, -0.15) is 11.8 Å². The van der Waals surface area contributed by atoms with E-state index in [1.807, 2.05) is 12.3 Å². The minimum Gasteiger partial charge on any atom is -0.312 e. The van der Waals surface area contributed by atoms with E-state index in [0.717, 1.165) is 29.4 Å². The molecule has 4 heteroatoms. The Hall–Kier alpha value is -1.03. The summed E-state index contributed by atoms with van der Waals surface area (Å²) in [5, 5.41) is 0.741. The van der Waals surface area contributed by atoms with E-state index in [0.29, 0.717) is 5.92 Å². The molecule has 0 radical (unpaired) electrons. The van der Waals surface area contributed by atoms with Crippen molar-refractivity contribution in [3.05, 3.63) is 24.2 Å². The highest BCUT2D eigenvalue weighted by atomic mass is 32.2. The van der Waals surface area contributed by atoms with Crippen LogP contribution in [0, 0.1) is 5.92 Å². The molecule has 0 aromatic carbocycles. The van der Waals surface area contributed by atoms with E-state index in [-0.39, 0.29) is 0 Å². The monoisotopic (exact) mass is 275 g/mol. The average molecular weight is 275 g/mol. The Labute approximate surface area is 118 Å². The van der Waals surface area contributed by atoms with Crippen LogP contribution in [0.1, 0.15) is 32.5 Å². The second-order valence-corrected chi connectivity index (χ2v) is 7.13. The minimum atomic E-state index is 0.631. The van der Waals surface area contributed by atoms with Gasteiger partial charge >= 0.3 is 0 Å². The quantitative estimate of drug-likeness (QED) is 0.855. The predicted molar refractivity (Wildman–Crippen MR) is 81.6 cm³/mol. The zero-order chi connectivity index (χ0) is 13.2. The van der Waals surface area contributed by atoms with Crippen molar-refractivity contribution in [2.45, 2.75) is 44.9 Å². The van der Waals surface area contributed by atoms with E-state index < -0.39 is 0 Å². The first-order valence-corrected chi connectivity index (χ1v) is 8.20. The van der Waals surface area contributed by atoms with Gasteiger partial charge in [-0.15, -0.1) is 0 Å². The lowest BCUT2D eigenvalue weighted by Gasteiger charge is -2.14. The van der Waals surface area contributed by atoms with E-state index in [2.05, 4.69) is 41.2 Å². The molecule has 102 valence electrons. The standard InChI is InChI=1S/C15H21N3S/c1-11(2)9-14-17-13-6-3-7-16-15(13)18(14)10-12-5-4-8-19-12/h3,6-7,11-12H,4-5,8-10H2,1-2H3. The summed E-state index contributed by atoms with van der Waals surface area (Å²) in [6.07, 6.45) is 5.60. The van der Waals surface area contributed by atoms with E-state index in [1.54, 1.807) is 0 Å². The van der Waals surface area contributed by atoms with Crippen LogP contribution in [0.5, 0.6) is 0 Å². The third kappa shape index (κ3) is 2.78. The van der Waals surface area contributed by atoms with Crippen LogP contribution in [0.3, 0.4) is 0 Å². The molecule has 0 spiro atoms. The fourth-order valence-electron chi connectivity index (χ4n) is 2.71. The summed E-state index contributed by atoms with van der Waals surface area (Å²) < 4.78 is 2.36. The van der Waals surface area contributed by atoms with Gasteiger partial charge in [-0.05, 0) is 36.6 Å². The van der Waals surface area contributed by atoms with Crippen molar-refractivity contribution in [2.24, 2.45) is 5.92 Å². The molecule has 0 saturated carbocycles. The molecule has 0 amide bonds. The number of rotatable bonds is 4. The molecule has 2 aromatic heterocycles. The van der Waals surface area contributed by atoms with Crippen molar-refractivity contribution >= 4 is 22.9 Å². The number of thioether (sulfide) groups is 1. The Morgan fingerprint density at radius 3 is 3.11 bits per heavy atom. The SMILES string of the molecule is CC(C)Cc1nc2cccnc2n1CC1CCCS1. The van der Waals surface area contributed by atoms with E-state index >= 15 is 0 Å². The molecule has 1 aliphatic rings. The van der Waals surface area contributed by atoms with Gasteiger partial charge in [0.25, 0.3) is 0 Å². The maximum Gasteiger partial charge on any atom is 0.160 e. The van der Waals surface area contributed by atoms with Gasteiger partial charge in [0.2, 0.25) is 0 Å². The van der Waals surface area contributed by atoms with Gasteiger partial charge in [0.15, 0.2) is 5.65 Å². The van der Waals surface area contributed by atoms with Crippen molar-refractivity contribution in [3.63, 3.8) is 0 Å². The smallest absolute Gasteiger partial charge is 0.160 e. The van der Waals surface area contributed by atoms with Gasteiger partial charge < -0.3 is 4.57 Å². The van der Waals surface area contributed by atoms with Crippen molar-refractivity contribution in [1.29, 1.82) is 0 Å². The summed E-state index contributed by atoms with van der Waals surface area (Å²) in [5.74, 6) is 3.15. The first kappa shape index (κ1) is 13.0. The van der Waals surface area contributed by atoms with Crippen LogP contribution >= 0.6 is 11.8 Å². The van der Waals surface area contributed by atoms with Gasteiger partial charge in [-0.25, -0.2) is 9.97 Å². The van der Waals surface area contributed by atoms with Gasteiger partial charge in [-0.3, -0.25) is 0 Å². The predicted octanol–water partition coefficient (Wildman–Crippen LogP) is 3.53. The Morgan fingerprint density at radius 1 is 1.47 bits per heavy atom. The number of hydrogen-bond donors (Lipinski definition) is 0. The first-order valence-electron chi connectivity index (χ1n) is 7.16. The maximum atomic E-state index is 4.79. The normalized spacial score (nSPS) is 19.6. The summed E-state index contributed by atoms with van der Waals surface area (Å²) >= 11 is 2.10. The Bertz CT molecular complexity index is 556. The summed E-state index contributed by atoms with van der Waals surface area (Å²) in [5.41, 5.74) is 2.10. The van der Waals surface area contributed by atoms with Crippen molar-refractivity contribution in [1.82, 2.24) is 14.5 Å². The highest BCUT2D eigenvalue weighted by Crippen LogP contribution is 2.29. The molecule has 1 unspecified atom stereocenters.